The molecule has 0 atom stereocenters. The summed E-state index contributed by atoms with van der Waals surface area (Å²) in [5, 5.41) is 13.3. The van der Waals surface area contributed by atoms with E-state index >= 15 is 0 Å². The first-order chi connectivity index (χ1) is 10.2. The highest BCUT2D eigenvalue weighted by atomic mass is 16.5. The molecule has 2 rings (SSSR count). The fourth-order valence-electron chi connectivity index (χ4n) is 1.98. The summed E-state index contributed by atoms with van der Waals surface area (Å²) in [7, 11) is 4.73. The Morgan fingerprint density at radius 3 is 2.19 bits per heavy atom. The van der Waals surface area contributed by atoms with Crippen molar-refractivity contribution < 1.29 is 19.3 Å². The van der Waals surface area contributed by atoms with E-state index in [-0.39, 0.29) is 5.75 Å². The van der Waals surface area contributed by atoms with Crippen molar-refractivity contribution in [3.05, 3.63) is 42.0 Å². The van der Waals surface area contributed by atoms with Crippen molar-refractivity contribution in [1.82, 2.24) is 0 Å². The van der Waals surface area contributed by atoms with Crippen LogP contribution in [-0.2, 0) is 6.54 Å². The van der Waals surface area contributed by atoms with Crippen molar-refractivity contribution in [2.45, 2.75) is 6.54 Å². The van der Waals surface area contributed by atoms with E-state index in [9.17, 15) is 5.11 Å². The average Bonchev–Trinajstić information content (AvgIpc) is 2.53. The normalized spacial score (nSPS) is 10.0. The maximum Gasteiger partial charge on any atom is 0.162 e. The molecule has 0 heterocycles. The minimum absolute atomic E-state index is 0.141. The number of anilines is 1. The fraction of sp³-hybridized carbons (Fsp3) is 0.250. The lowest BCUT2D eigenvalue weighted by atomic mass is 10.1. The number of nitrogens with one attached hydrogen (secondary N) is 1. The lowest BCUT2D eigenvalue weighted by molar-refractivity contribution is 0.371. The number of phenols is 1. The fourth-order valence-corrected chi connectivity index (χ4v) is 1.98. The van der Waals surface area contributed by atoms with Crippen molar-refractivity contribution in [3.8, 4) is 23.0 Å². The topological polar surface area (TPSA) is 60.0 Å². The number of methoxy groups -OCH3 is 3. The van der Waals surface area contributed by atoms with Gasteiger partial charge in [0.2, 0.25) is 0 Å². The Labute approximate surface area is 124 Å². The highest BCUT2D eigenvalue weighted by molar-refractivity contribution is 5.55. The smallest absolute Gasteiger partial charge is 0.162 e. The molecular weight excluding hydrogens is 270 g/mol. The summed E-state index contributed by atoms with van der Waals surface area (Å²) in [5.41, 5.74) is 1.59. The molecule has 2 N–H and O–H groups in total. The highest BCUT2D eigenvalue weighted by Crippen LogP contribution is 2.31. The van der Waals surface area contributed by atoms with Gasteiger partial charge in [0.15, 0.2) is 11.5 Å². The molecule has 5 nitrogen and oxygen atoms in total. The average molecular weight is 289 g/mol. The zero-order valence-corrected chi connectivity index (χ0v) is 12.3. The van der Waals surface area contributed by atoms with Gasteiger partial charge in [-0.1, -0.05) is 12.1 Å². The standard InChI is InChI=1S/C16H19NO4/c1-19-13-7-12(8-14(9-13)20-2)17-10-11-5-4-6-15(21-3)16(11)18/h4-9,17-18H,10H2,1-3H3. The first-order valence-electron chi connectivity index (χ1n) is 6.49. The van der Waals surface area contributed by atoms with Gasteiger partial charge in [-0.25, -0.2) is 0 Å². The van der Waals surface area contributed by atoms with E-state index in [4.69, 9.17) is 14.2 Å². The molecule has 0 radical (unpaired) electrons. The van der Waals surface area contributed by atoms with Crippen LogP contribution in [0.3, 0.4) is 0 Å². The molecule has 0 amide bonds. The van der Waals surface area contributed by atoms with Crippen molar-refractivity contribution in [3.63, 3.8) is 0 Å². The van der Waals surface area contributed by atoms with Crippen LogP contribution in [0.1, 0.15) is 5.56 Å². The summed E-state index contributed by atoms with van der Waals surface area (Å²) in [6.07, 6.45) is 0. The van der Waals surface area contributed by atoms with Crippen molar-refractivity contribution in [2.75, 3.05) is 26.6 Å². The molecule has 0 fully saturated rings. The predicted octanol–water partition coefficient (Wildman–Crippen LogP) is 3.03. The number of hydrogen-bond donors (Lipinski definition) is 2. The summed E-state index contributed by atoms with van der Waals surface area (Å²) < 4.78 is 15.5. The maximum absolute atomic E-state index is 10.1. The van der Waals surface area contributed by atoms with Crippen LogP contribution in [0.2, 0.25) is 0 Å². The monoisotopic (exact) mass is 289 g/mol. The number of phenolic OH excluding ortho intramolecular Hbond substituents is 1. The molecule has 2 aromatic rings. The number of benzene rings is 2. The van der Waals surface area contributed by atoms with E-state index in [1.54, 1.807) is 26.4 Å². The minimum Gasteiger partial charge on any atom is -0.504 e. The minimum atomic E-state index is 0.141. The van der Waals surface area contributed by atoms with E-state index in [1.165, 1.54) is 7.11 Å². The Hall–Kier alpha value is -2.56. The summed E-state index contributed by atoms with van der Waals surface area (Å²) >= 11 is 0. The summed E-state index contributed by atoms with van der Waals surface area (Å²) in [6, 6.07) is 10.9. The molecule has 0 aliphatic carbocycles. The van der Waals surface area contributed by atoms with E-state index < -0.39 is 0 Å². The third-order valence-corrected chi connectivity index (χ3v) is 3.14. The van der Waals surface area contributed by atoms with Crippen LogP contribution in [0.4, 0.5) is 5.69 Å². The second-order valence-electron chi connectivity index (χ2n) is 4.42. The maximum atomic E-state index is 10.1. The summed E-state index contributed by atoms with van der Waals surface area (Å²) in [5.74, 6) is 2.00. The SMILES string of the molecule is COc1cc(NCc2cccc(OC)c2O)cc(OC)c1. The second kappa shape index (κ2) is 6.74. The van der Waals surface area contributed by atoms with Crippen LogP contribution in [0, 0.1) is 0 Å². The predicted molar refractivity (Wildman–Crippen MR) is 81.5 cm³/mol. The van der Waals surface area contributed by atoms with E-state index in [2.05, 4.69) is 5.32 Å². The lowest BCUT2D eigenvalue weighted by Gasteiger charge is -2.12. The Morgan fingerprint density at radius 1 is 0.952 bits per heavy atom. The van der Waals surface area contributed by atoms with Gasteiger partial charge in [-0.2, -0.15) is 0 Å². The third-order valence-electron chi connectivity index (χ3n) is 3.14. The Morgan fingerprint density at radius 2 is 1.62 bits per heavy atom. The van der Waals surface area contributed by atoms with Crippen LogP contribution >= 0.6 is 0 Å². The van der Waals surface area contributed by atoms with Gasteiger partial charge in [0, 0.05) is 36.0 Å². The highest BCUT2D eigenvalue weighted by Gasteiger charge is 2.08. The van der Waals surface area contributed by atoms with Gasteiger partial charge in [0.1, 0.15) is 11.5 Å². The molecule has 0 bridgehead atoms. The summed E-state index contributed by atoms with van der Waals surface area (Å²) in [4.78, 5) is 0. The van der Waals surface area contributed by atoms with Gasteiger partial charge < -0.3 is 24.6 Å². The molecule has 0 unspecified atom stereocenters. The molecule has 0 saturated heterocycles. The van der Waals surface area contributed by atoms with Gasteiger partial charge in [-0.15, -0.1) is 0 Å². The van der Waals surface area contributed by atoms with E-state index in [0.29, 0.717) is 23.8 Å². The van der Waals surface area contributed by atoms with Crippen LogP contribution in [0.25, 0.3) is 0 Å². The van der Waals surface area contributed by atoms with Crippen molar-refractivity contribution >= 4 is 5.69 Å². The largest absolute Gasteiger partial charge is 0.504 e. The molecule has 112 valence electrons. The number of aromatic hydroxyl groups is 1. The molecule has 2 aromatic carbocycles. The second-order valence-corrected chi connectivity index (χ2v) is 4.42. The molecule has 0 aliphatic heterocycles. The third kappa shape index (κ3) is 3.51. The van der Waals surface area contributed by atoms with Crippen molar-refractivity contribution in [1.29, 1.82) is 0 Å². The molecule has 0 aromatic heterocycles. The Kier molecular flexibility index (Phi) is 4.77. The quantitative estimate of drug-likeness (QED) is 0.856. The Bertz CT molecular complexity index is 591. The van der Waals surface area contributed by atoms with Gasteiger partial charge in [-0.3, -0.25) is 0 Å². The molecule has 0 spiro atoms. The molecule has 5 heteroatoms. The van der Waals surface area contributed by atoms with Crippen LogP contribution in [0.5, 0.6) is 23.0 Å². The number of ether oxygens (including phenoxy) is 3. The zero-order chi connectivity index (χ0) is 15.2. The summed E-state index contributed by atoms with van der Waals surface area (Å²) in [6.45, 7) is 0.458. The van der Waals surface area contributed by atoms with E-state index in [0.717, 1.165) is 11.3 Å². The van der Waals surface area contributed by atoms with Gasteiger partial charge in [0.25, 0.3) is 0 Å². The first-order valence-corrected chi connectivity index (χ1v) is 6.49. The van der Waals surface area contributed by atoms with E-state index in [1.807, 2.05) is 24.3 Å². The van der Waals surface area contributed by atoms with Crippen LogP contribution < -0.4 is 19.5 Å². The van der Waals surface area contributed by atoms with Crippen molar-refractivity contribution in [2.24, 2.45) is 0 Å². The molecular formula is C16H19NO4. The zero-order valence-electron chi connectivity index (χ0n) is 12.3. The number of hydrogen-bond acceptors (Lipinski definition) is 5. The lowest BCUT2D eigenvalue weighted by Crippen LogP contribution is -2.01. The number of para-hydroxylation sites is 1. The van der Waals surface area contributed by atoms with Crippen LogP contribution in [0.15, 0.2) is 36.4 Å². The molecule has 0 aliphatic rings. The molecule has 0 saturated carbocycles. The van der Waals surface area contributed by atoms with Gasteiger partial charge >= 0.3 is 0 Å². The first kappa shape index (κ1) is 14.8. The Balaban J connectivity index is 2.16. The van der Waals surface area contributed by atoms with Crippen LogP contribution in [-0.4, -0.2) is 26.4 Å². The number of rotatable bonds is 6. The molecule has 21 heavy (non-hydrogen) atoms. The van der Waals surface area contributed by atoms with Gasteiger partial charge in [-0.05, 0) is 6.07 Å². The van der Waals surface area contributed by atoms with Gasteiger partial charge in [0.05, 0.1) is 21.3 Å².